The number of likely N-dealkylation sites (tertiary alicyclic amines) is 1. The van der Waals surface area contributed by atoms with E-state index >= 15 is 0 Å². The van der Waals surface area contributed by atoms with Crippen LogP contribution in [0.5, 0.6) is 0 Å². The van der Waals surface area contributed by atoms with Crippen molar-refractivity contribution < 1.29 is 9.18 Å². The largest absolute Gasteiger partial charge is 0.326 e. The number of hydrogen-bond donors (Lipinski definition) is 0. The molecule has 1 unspecified atom stereocenters. The van der Waals surface area contributed by atoms with E-state index in [-0.39, 0.29) is 11.7 Å². The molecule has 1 aliphatic carbocycles. The Hall–Kier alpha value is -3.47. The van der Waals surface area contributed by atoms with Crippen molar-refractivity contribution in [2.75, 3.05) is 6.54 Å². The molecule has 2 heterocycles. The second kappa shape index (κ2) is 8.83. The van der Waals surface area contributed by atoms with Crippen molar-refractivity contribution in [2.24, 2.45) is 5.92 Å². The molecule has 3 aromatic carbocycles. The Morgan fingerprint density at radius 2 is 1.84 bits per heavy atom. The van der Waals surface area contributed by atoms with E-state index in [9.17, 15) is 9.18 Å². The Labute approximate surface area is 218 Å². The van der Waals surface area contributed by atoms with E-state index < -0.39 is 5.54 Å². The van der Waals surface area contributed by atoms with Crippen molar-refractivity contribution >= 4 is 16.9 Å². The number of aryl methyl sites for hydroxylation is 3. The highest BCUT2D eigenvalue weighted by Crippen LogP contribution is 2.43. The number of carbonyl (C=O) groups is 1. The predicted molar refractivity (Wildman–Crippen MR) is 146 cm³/mol. The zero-order chi connectivity index (χ0) is 25.9. The van der Waals surface area contributed by atoms with Gasteiger partial charge in [0.2, 0.25) is 0 Å². The average molecular weight is 496 g/mol. The summed E-state index contributed by atoms with van der Waals surface area (Å²) in [6.45, 7) is 10.1. The fraction of sp³-hybridized carbons (Fsp3) is 0.375. The predicted octanol–water partition coefficient (Wildman–Crippen LogP) is 7.33. The zero-order valence-electron chi connectivity index (χ0n) is 22.1. The SMILES string of the molecule is Cc1ccc(-c2cccc(F)c2)c(C(=O)N2CCCC2(C)c2nc3cc(C)c(C)cc3n2CC2CC2)c1. The maximum Gasteiger partial charge on any atom is 0.255 e. The lowest BCUT2D eigenvalue weighted by Crippen LogP contribution is -2.45. The standard InChI is InChI=1S/C32H34FN3O/c1-20-9-12-26(24-7-5-8-25(33)18-24)27(15-20)30(37)36-14-6-13-32(36,4)31-34-28-16-21(2)22(3)17-29(28)35(31)19-23-10-11-23/h5,7-9,12,15-18,23H,6,10-11,13-14,19H2,1-4H3. The lowest BCUT2D eigenvalue weighted by Gasteiger charge is -2.36. The Kier molecular flexibility index (Phi) is 5.70. The van der Waals surface area contributed by atoms with Crippen molar-refractivity contribution in [3.63, 3.8) is 0 Å². The van der Waals surface area contributed by atoms with E-state index in [0.717, 1.165) is 47.4 Å². The van der Waals surface area contributed by atoms with Crippen LogP contribution in [0.25, 0.3) is 22.2 Å². The van der Waals surface area contributed by atoms with E-state index in [1.54, 1.807) is 6.07 Å². The molecule has 1 aromatic heterocycles. The monoisotopic (exact) mass is 495 g/mol. The first-order valence-electron chi connectivity index (χ1n) is 13.4. The molecule has 4 aromatic rings. The van der Waals surface area contributed by atoms with Crippen LogP contribution in [0.15, 0.2) is 54.6 Å². The molecule has 4 nitrogen and oxygen atoms in total. The Morgan fingerprint density at radius 3 is 2.59 bits per heavy atom. The quantitative estimate of drug-likeness (QED) is 0.291. The molecule has 190 valence electrons. The molecule has 1 atom stereocenters. The lowest BCUT2D eigenvalue weighted by atomic mass is 9.93. The molecule has 2 aliphatic rings. The molecule has 37 heavy (non-hydrogen) atoms. The minimum atomic E-state index is -0.518. The molecule has 0 spiro atoms. The third-order valence-electron chi connectivity index (χ3n) is 8.41. The molecule has 0 bridgehead atoms. The van der Waals surface area contributed by atoms with E-state index in [2.05, 4.69) is 37.5 Å². The van der Waals surface area contributed by atoms with Gasteiger partial charge in [0.05, 0.1) is 16.6 Å². The van der Waals surface area contributed by atoms with Crippen molar-refractivity contribution in [1.82, 2.24) is 14.5 Å². The molecule has 0 N–H and O–H groups in total. The molecular weight excluding hydrogens is 461 g/mol. The number of carbonyl (C=O) groups excluding carboxylic acids is 1. The molecule has 1 saturated carbocycles. The second-order valence-corrected chi connectivity index (χ2v) is 11.3. The summed E-state index contributed by atoms with van der Waals surface area (Å²) in [6.07, 6.45) is 4.30. The maximum absolute atomic E-state index is 14.3. The zero-order valence-corrected chi connectivity index (χ0v) is 22.1. The third kappa shape index (κ3) is 4.14. The van der Waals surface area contributed by atoms with Crippen molar-refractivity contribution in [3.8, 4) is 11.1 Å². The van der Waals surface area contributed by atoms with Crippen LogP contribution in [0.2, 0.25) is 0 Å². The van der Waals surface area contributed by atoms with Crippen LogP contribution in [0.4, 0.5) is 4.39 Å². The van der Waals surface area contributed by atoms with Gasteiger partial charge in [-0.05, 0) is 112 Å². The van der Waals surface area contributed by atoms with Crippen LogP contribution in [0, 0.1) is 32.5 Å². The van der Waals surface area contributed by atoms with Gasteiger partial charge in [-0.2, -0.15) is 0 Å². The molecule has 0 radical (unpaired) electrons. The summed E-state index contributed by atoms with van der Waals surface area (Å²) in [5.74, 6) is 1.36. The first-order valence-corrected chi connectivity index (χ1v) is 13.4. The van der Waals surface area contributed by atoms with Gasteiger partial charge in [0.25, 0.3) is 5.91 Å². The highest BCUT2D eigenvalue weighted by atomic mass is 19.1. The highest BCUT2D eigenvalue weighted by Gasteiger charge is 2.45. The second-order valence-electron chi connectivity index (χ2n) is 11.3. The van der Waals surface area contributed by atoms with E-state index in [1.165, 1.54) is 41.6 Å². The number of benzene rings is 3. The summed E-state index contributed by atoms with van der Waals surface area (Å²) >= 11 is 0. The lowest BCUT2D eigenvalue weighted by molar-refractivity contribution is 0.0598. The maximum atomic E-state index is 14.3. The van der Waals surface area contributed by atoms with Crippen LogP contribution in [0.3, 0.4) is 0 Å². The first-order chi connectivity index (χ1) is 17.7. The number of halogens is 1. The van der Waals surface area contributed by atoms with Crippen LogP contribution in [-0.4, -0.2) is 26.9 Å². The first kappa shape index (κ1) is 23.9. The minimum absolute atomic E-state index is 0.0136. The number of aromatic nitrogens is 2. The van der Waals surface area contributed by atoms with Crippen molar-refractivity contribution in [2.45, 2.75) is 65.5 Å². The van der Waals surface area contributed by atoms with Crippen LogP contribution in [0.1, 0.15) is 65.5 Å². The van der Waals surface area contributed by atoms with Crippen molar-refractivity contribution in [3.05, 3.63) is 88.5 Å². The molecule has 1 amide bonds. The molecule has 6 rings (SSSR count). The molecule has 1 aliphatic heterocycles. The summed E-state index contributed by atoms with van der Waals surface area (Å²) in [4.78, 5) is 21.6. The van der Waals surface area contributed by atoms with Gasteiger partial charge >= 0.3 is 0 Å². The minimum Gasteiger partial charge on any atom is -0.326 e. The normalized spacial score (nSPS) is 19.6. The third-order valence-corrected chi connectivity index (χ3v) is 8.41. The van der Waals surface area contributed by atoms with Gasteiger partial charge in [0.1, 0.15) is 11.6 Å². The Balaban J connectivity index is 1.47. The van der Waals surface area contributed by atoms with Gasteiger partial charge in [-0.3, -0.25) is 4.79 Å². The summed E-state index contributed by atoms with van der Waals surface area (Å²) in [5, 5.41) is 0. The van der Waals surface area contributed by atoms with E-state index in [0.29, 0.717) is 18.0 Å². The number of fused-ring (bicyclic) bond motifs is 1. The van der Waals surface area contributed by atoms with E-state index in [1.807, 2.05) is 36.1 Å². The van der Waals surface area contributed by atoms with Gasteiger partial charge in [-0.15, -0.1) is 0 Å². The van der Waals surface area contributed by atoms with Gasteiger partial charge in [0.15, 0.2) is 0 Å². The summed E-state index contributed by atoms with van der Waals surface area (Å²) in [7, 11) is 0. The van der Waals surface area contributed by atoms with Gasteiger partial charge < -0.3 is 9.47 Å². The van der Waals surface area contributed by atoms with Crippen LogP contribution >= 0.6 is 0 Å². The highest BCUT2D eigenvalue weighted by molar-refractivity contribution is 6.01. The number of amides is 1. The summed E-state index contributed by atoms with van der Waals surface area (Å²) in [6, 6.07) is 16.8. The van der Waals surface area contributed by atoms with E-state index in [4.69, 9.17) is 4.98 Å². The number of hydrogen-bond acceptors (Lipinski definition) is 2. The van der Waals surface area contributed by atoms with Crippen molar-refractivity contribution in [1.29, 1.82) is 0 Å². The average Bonchev–Trinajstić information content (AvgIpc) is 3.51. The Morgan fingerprint density at radius 1 is 1.05 bits per heavy atom. The molecular formula is C32H34FN3O. The molecule has 5 heteroatoms. The Bertz CT molecular complexity index is 1530. The van der Waals surface area contributed by atoms with Crippen LogP contribution < -0.4 is 0 Å². The van der Waals surface area contributed by atoms with Crippen LogP contribution in [-0.2, 0) is 12.1 Å². The summed E-state index contributed by atoms with van der Waals surface area (Å²) < 4.78 is 16.5. The number of rotatable bonds is 5. The van der Waals surface area contributed by atoms with Gasteiger partial charge in [-0.25, -0.2) is 9.37 Å². The number of imidazole rings is 1. The molecule has 1 saturated heterocycles. The molecule has 2 fully saturated rings. The fourth-order valence-electron chi connectivity index (χ4n) is 5.94. The summed E-state index contributed by atoms with van der Waals surface area (Å²) in [5.41, 5.74) is 7.27. The van der Waals surface area contributed by atoms with Gasteiger partial charge in [0, 0.05) is 18.7 Å². The smallest absolute Gasteiger partial charge is 0.255 e. The van der Waals surface area contributed by atoms with Gasteiger partial charge in [-0.1, -0.05) is 29.8 Å². The number of nitrogens with zero attached hydrogens (tertiary/aromatic N) is 3. The fourth-order valence-corrected chi connectivity index (χ4v) is 5.94. The topological polar surface area (TPSA) is 38.1 Å².